The summed E-state index contributed by atoms with van der Waals surface area (Å²) in [4.78, 5) is 14.7. The van der Waals surface area contributed by atoms with Crippen LogP contribution in [0.3, 0.4) is 0 Å². The summed E-state index contributed by atoms with van der Waals surface area (Å²) in [6.07, 6.45) is 6.08. The Labute approximate surface area is 169 Å². The summed E-state index contributed by atoms with van der Waals surface area (Å²) < 4.78 is 0. The molecule has 1 N–H and O–H groups in total. The van der Waals surface area contributed by atoms with Gasteiger partial charge in [-0.25, -0.2) is 0 Å². The Morgan fingerprint density at radius 2 is 1.82 bits per heavy atom. The topological polar surface area (TPSA) is 32.3 Å². The van der Waals surface area contributed by atoms with Gasteiger partial charge in [0.15, 0.2) is 0 Å². The summed E-state index contributed by atoms with van der Waals surface area (Å²) in [6, 6.07) is 17.2. The van der Waals surface area contributed by atoms with E-state index in [1.54, 1.807) is 0 Å². The molecule has 2 aromatic rings. The molecule has 148 valence electrons. The average molecular weight is 377 g/mol. The number of hydrogen-bond acceptors (Lipinski definition) is 2. The Morgan fingerprint density at radius 1 is 1.04 bits per heavy atom. The third-order valence-corrected chi connectivity index (χ3v) is 6.59. The van der Waals surface area contributed by atoms with Crippen LogP contribution in [0.25, 0.3) is 11.1 Å². The lowest BCUT2D eigenvalue weighted by Gasteiger charge is -2.21. The number of rotatable bonds is 7. The van der Waals surface area contributed by atoms with Gasteiger partial charge in [0.05, 0.1) is 0 Å². The number of amides is 1. The standard InChI is InChI=1S/C25H32N2O/c1-27(2)17-18-7-10-20(11-8-18)24-6-4-3-5-22(24)16-26-25(28)15-23-14-19-9-12-21(23)13-19/h3-8,10-11,19,21,23H,9,12-17H2,1-2H3,(H,26,28)/t19-,21-,23+/m0/s1. The largest absolute Gasteiger partial charge is 0.352 e. The van der Waals surface area contributed by atoms with E-state index < -0.39 is 0 Å². The Morgan fingerprint density at radius 3 is 2.50 bits per heavy atom. The van der Waals surface area contributed by atoms with Crippen LogP contribution >= 0.6 is 0 Å². The monoisotopic (exact) mass is 376 g/mol. The molecule has 0 aliphatic heterocycles. The Hall–Kier alpha value is -2.13. The van der Waals surface area contributed by atoms with Crippen molar-refractivity contribution in [3.05, 3.63) is 59.7 Å². The molecule has 3 heteroatoms. The van der Waals surface area contributed by atoms with Crippen LogP contribution in [-0.2, 0) is 17.9 Å². The SMILES string of the molecule is CN(C)Cc1ccc(-c2ccccc2CNC(=O)C[C@H]2C[C@H]3CC[C@H]2C3)cc1. The molecule has 2 aromatic carbocycles. The fourth-order valence-corrected chi connectivity index (χ4v) is 5.24. The van der Waals surface area contributed by atoms with E-state index in [0.717, 1.165) is 18.4 Å². The zero-order valence-corrected chi connectivity index (χ0v) is 17.2. The van der Waals surface area contributed by atoms with Crippen molar-refractivity contribution < 1.29 is 4.79 Å². The minimum Gasteiger partial charge on any atom is -0.352 e. The van der Waals surface area contributed by atoms with E-state index in [4.69, 9.17) is 0 Å². The smallest absolute Gasteiger partial charge is 0.220 e. The first-order valence-electron chi connectivity index (χ1n) is 10.7. The van der Waals surface area contributed by atoms with Gasteiger partial charge in [-0.1, -0.05) is 55.0 Å². The minimum atomic E-state index is 0.216. The fourth-order valence-electron chi connectivity index (χ4n) is 5.24. The third kappa shape index (κ3) is 4.47. The molecule has 2 saturated carbocycles. The van der Waals surface area contributed by atoms with Gasteiger partial charge in [0.25, 0.3) is 0 Å². The van der Waals surface area contributed by atoms with E-state index in [2.05, 4.69) is 72.8 Å². The molecule has 1 amide bonds. The molecule has 0 saturated heterocycles. The molecule has 2 bridgehead atoms. The van der Waals surface area contributed by atoms with Gasteiger partial charge in [0.1, 0.15) is 0 Å². The second kappa shape index (κ2) is 8.48. The van der Waals surface area contributed by atoms with Gasteiger partial charge in [-0.2, -0.15) is 0 Å². The van der Waals surface area contributed by atoms with E-state index in [-0.39, 0.29) is 5.91 Å². The molecule has 0 aromatic heterocycles. The molecule has 2 fully saturated rings. The minimum absolute atomic E-state index is 0.216. The van der Waals surface area contributed by atoms with E-state index in [0.29, 0.717) is 18.9 Å². The predicted molar refractivity (Wildman–Crippen MR) is 115 cm³/mol. The van der Waals surface area contributed by atoms with Gasteiger partial charge in [-0.3, -0.25) is 4.79 Å². The van der Waals surface area contributed by atoms with E-state index >= 15 is 0 Å². The highest BCUT2D eigenvalue weighted by Gasteiger charge is 2.40. The zero-order valence-electron chi connectivity index (χ0n) is 17.2. The van der Waals surface area contributed by atoms with Crippen molar-refractivity contribution in [1.82, 2.24) is 10.2 Å². The summed E-state index contributed by atoms with van der Waals surface area (Å²) >= 11 is 0. The lowest BCUT2D eigenvalue weighted by Crippen LogP contribution is -2.27. The molecular formula is C25H32N2O. The lowest BCUT2D eigenvalue weighted by atomic mass is 9.86. The van der Waals surface area contributed by atoms with Crippen molar-refractivity contribution in [2.24, 2.45) is 17.8 Å². The number of nitrogens with zero attached hydrogens (tertiary/aromatic N) is 1. The summed E-state index contributed by atoms with van der Waals surface area (Å²) in [7, 11) is 4.17. The Bertz CT molecular complexity index is 812. The third-order valence-electron chi connectivity index (χ3n) is 6.59. The molecular weight excluding hydrogens is 344 g/mol. The molecule has 0 unspecified atom stereocenters. The molecule has 4 rings (SSSR count). The van der Waals surface area contributed by atoms with E-state index in [1.165, 1.54) is 47.9 Å². The second-order valence-corrected chi connectivity index (χ2v) is 9.01. The molecule has 0 spiro atoms. The molecule has 3 nitrogen and oxygen atoms in total. The van der Waals surface area contributed by atoms with Crippen LogP contribution in [0.4, 0.5) is 0 Å². The summed E-state index contributed by atoms with van der Waals surface area (Å²) in [5, 5.41) is 3.19. The number of nitrogens with one attached hydrogen (secondary N) is 1. The highest BCUT2D eigenvalue weighted by atomic mass is 16.1. The summed E-state index contributed by atoms with van der Waals surface area (Å²) in [5.41, 5.74) is 4.91. The first-order valence-corrected chi connectivity index (χ1v) is 10.7. The van der Waals surface area contributed by atoms with Gasteiger partial charge in [-0.15, -0.1) is 0 Å². The molecule has 0 radical (unpaired) electrons. The maximum absolute atomic E-state index is 12.5. The Kier molecular flexibility index (Phi) is 5.82. The maximum Gasteiger partial charge on any atom is 0.220 e. The molecule has 28 heavy (non-hydrogen) atoms. The highest BCUT2D eigenvalue weighted by molar-refractivity contribution is 5.77. The van der Waals surface area contributed by atoms with Gasteiger partial charge >= 0.3 is 0 Å². The number of hydrogen-bond donors (Lipinski definition) is 1. The number of fused-ring (bicyclic) bond motifs is 2. The van der Waals surface area contributed by atoms with Crippen LogP contribution in [0.1, 0.15) is 43.2 Å². The first-order chi connectivity index (χ1) is 13.6. The van der Waals surface area contributed by atoms with Crippen molar-refractivity contribution in [2.45, 2.75) is 45.2 Å². The van der Waals surface area contributed by atoms with Crippen molar-refractivity contribution in [2.75, 3.05) is 14.1 Å². The molecule has 3 atom stereocenters. The van der Waals surface area contributed by atoms with Crippen molar-refractivity contribution in [1.29, 1.82) is 0 Å². The first kappa shape index (κ1) is 19.2. The second-order valence-electron chi connectivity index (χ2n) is 9.01. The number of carbonyl (C=O) groups is 1. The number of carbonyl (C=O) groups excluding carboxylic acids is 1. The maximum atomic E-state index is 12.5. The van der Waals surface area contributed by atoms with Gasteiger partial charge in [0.2, 0.25) is 5.91 Å². The predicted octanol–water partition coefficient (Wildman–Crippen LogP) is 4.86. The zero-order chi connectivity index (χ0) is 19.5. The van der Waals surface area contributed by atoms with Crippen LogP contribution < -0.4 is 5.32 Å². The van der Waals surface area contributed by atoms with Crippen LogP contribution in [-0.4, -0.2) is 24.9 Å². The lowest BCUT2D eigenvalue weighted by molar-refractivity contribution is -0.122. The van der Waals surface area contributed by atoms with Gasteiger partial charge < -0.3 is 10.2 Å². The molecule has 2 aliphatic carbocycles. The average Bonchev–Trinajstić information content (AvgIpc) is 3.30. The summed E-state index contributed by atoms with van der Waals surface area (Å²) in [6.45, 7) is 1.55. The molecule has 0 heterocycles. The van der Waals surface area contributed by atoms with Crippen molar-refractivity contribution >= 4 is 5.91 Å². The van der Waals surface area contributed by atoms with Gasteiger partial charge in [-0.05, 0) is 73.4 Å². The summed E-state index contributed by atoms with van der Waals surface area (Å²) in [5.74, 6) is 2.55. The fraction of sp³-hybridized carbons (Fsp3) is 0.480. The highest BCUT2D eigenvalue weighted by Crippen LogP contribution is 2.49. The number of benzene rings is 2. The van der Waals surface area contributed by atoms with Crippen molar-refractivity contribution in [3.63, 3.8) is 0 Å². The molecule has 2 aliphatic rings. The van der Waals surface area contributed by atoms with Gasteiger partial charge in [0, 0.05) is 19.5 Å². The normalized spacial score (nSPS) is 23.3. The van der Waals surface area contributed by atoms with Crippen LogP contribution in [0, 0.1) is 17.8 Å². The Balaban J connectivity index is 1.38. The van der Waals surface area contributed by atoms with Crippen LogP contribution in [0.15, 0.2) is 48.5 Å². The van der Waals surface area contributed by atoms with E-state index in [1.807, 2.05) is 0 Å². The van der Waals surface area contributed by atoms with Crippen LogP contribution in [0.2, 0.25) is 0 Å². The van der Waals surface area contributed by atoms with E-state index in [9.17, 15) is 4.79 Å². The van der Waals surface area contributed by atoms with Crippen LogP contribution in [0.5, 0.6) is 0 Å². The quantitative estimate of drug-likeness (QED) is 0.749. The van der Waals surface area contributed by atoms with Crippen molar-refractivity contribution in [3.8, 4) is 11.1 Å².